The van der Waals surface area contributed by atoms with Crippen LogP contribution in [0.15, 0.2) is 30.3 Å². The van der Waals surface area contributed by atoms with Crippen LogP contribution in [0.3, 0.4) is 0 Å². The fraction of sp³-hybridized carbons (Fsp3) is 0.474. The van der Waals surface area contributed by atoms with E-state index in [0.717, 1.165) is 32.4 Å². The van der Waals surface area contributed by atoms with Gasteiger partial charge in [0.1, 0.15) is 17.9 Å². The van der Waals surface area contributed by atoms with Gasteiger partial charge in [0.25, 0.3) is 0 Å². The molecule has 1 saturated heterocycles. The lowest BCUT2D eigenvalue weighted by atomic mass is 9.90. The number of nitrogens with zero attached hydrogens (tertiary/aromatic N) is 4. The van der Waals surface area contributed by atoms with E-state index in [9.17, 15) is 14.9 Å². The largest absolute Gasteiger partial charge is 0.341 e. The summed E-state index contributed by atoms with van der Waals surface area (Å²) < 4.78 is 1.45. The van der Waals surface area contributed by atoms with Gasteiger partial charge in [-0.1, -0.05) is 30.3 Å². The van der Waals surface area contributed by atoms with E-state index < -0.39 is 4.92 Å². The summed E-state index contributed by atoms with van der Waals surface area (Å²) in [5.74, 6) is 0.569. The number of aryl methyl sites for hydroxylation is 1. The van der Waals surface area contributed by atoms with Gasteiger partial charge in [-0.25, -0.2) is 0 Å². The second-order valence-corrected chi connectivity index (χ2v) is 6.95. The van der Waals surface area contributed by atoms with Crippen molar-refractivity contribution in [3.05, 3.63) is 57.4 Å². The van der Waals surface area contributed by atoms with Crippen molar-refractivity contribution in [3.8, 4) is 0 Å². The van der Waals surface area contributed by atoms with Crippen molar-refractivity contribution in [1.29, 1.82) is 0 Å². The van der Waals surface area contributed by atoms with Crippen LogP contribution in [-0.2, 0) is 17.8 Å². The number of hydrogen-bond donors (Lipinski definition) is 0. The number of rotatable bonds is 5. The third-order valence-electron chi connectivity index (χ3n) is 5.15. The molecule has 7 heteroatoms. The minimum atomic E-state index is -0.437. The van der Waals surface area contributed by atoms with E-state index in [4.69, 9.17) is 0 Å². The number of carbonyl (C=O) groups excluding carboxylic acids is 1. The zero-order chi connectivity index (χ0) is 18.7. The zero-order valence-electron chi connectivity index (χ0n) is 15.2. The fourth-order valence-electron chi connectivity index (χ4n) is 3.67. The highest BCUT2D eigenvalue weighted by molar-refractivity contribution is 5.76. The number of amides is 1. The summed E-state index contributed by atoms with van der Waals surface area (Å²) in [5, 5.41) is 15.3. The lowest BCUT2D eigenvalue weighted by Crippen LogP contribution is -2.40. The van der Waals surface area contributed by atoms with Gasteiger partial charge in [-0.15, -0.1) is 0 Å². The molecule has 3 rings (SSSR count). The summed E-state index contributed by atoms with van der Waals surface area (Å²) in [5.41, 5.74) is 2.12. The van der Waals surface area contributed by atoms with Crippen molar-refractivity contribution in [2.24, 2.45) is 5.92 Å². The Morgan fingerprint density at radius 3 is 2.46 bits per heavy atom. The zero-order valence-corrected chi connectivity index (χ0v) is 15.2. The maximum Gasteiger partial charge on any atom is 0.312 e. The van der Waals surface area contributed by atoms with Crippen LogP contribution in [0.1, 0.15) is 29.8 Å². The van der Waals surface area contributed by atoms with E-state index in [2.05, 4.69) is 29.4 Å². The first-order valence-electron chi connectivity index (χ1n) is 8.95. The molecule has 1 aromatic carbocycles. The van der Waals surface area contributed by atoms with Crippen LogP contribution in [0.5, 0.6) is 0 Å². The molecule has 0 spiro atoms. The minimum Gasteiger partial charge on any atom is -0.341 e. The monoisotopic (exact) mass is 356 g/mol. The summed E-state index contributed by atoms with van der Waals surface area (Å²) in [6, 6.07) is 10.4. The first-order valence-corrected chi connectivity index (χ1v) is 8.95. The Labute approximate surface area is 152 Å². The molecule has 26 heavy (non-hydrogen) atoms. The SMILES string of the molecule is Cc1nn(CC(=O)N2CCC(Cc3ccccc3)CC2)c(C)c1[N+](=O)[O-]. The molecule has 1 aliphatic rings. The number of piperidine rings is 1. The van der Waals surface area contributed by atoms with Gasteiger partial charge >= 0.3 is 5.69 Å². The Morgan fingerprint density at radius 1 is 1.23 bits per heavy atom. The molecule has 138 valence electrons. The number of hydrogen-bond acceptors (Lipinski definition) is 4. The van der Waals surface area contributed by atoms with Gasteiger partial charge in [-0.3, -0.25) is 19.6 Å². The highest BCUT2D eigenvalue weighted by Crippen LogP contribution is 2.24. The van der Waals surface area contributed by atoms with Crippen LogP contribution in [0, 0.1) is 29.9 Å². The van der Waals surface area contributed by atoms with Crippen LogP contribution in [-0.4, -0.2) is 38.6 Å². The molecule has 2 aromatic rings. The Morgan fingerprint density at radius 2 is 1.88 bits per heavy atom. The molecule has 1 fully saturated rings. The van der Waals surface area contributed by atoms with E-state index in [1.165, 1.54) is 10.2 Å². The molecule has 0 unspecified atom stereocenters. The van der Waals surface area contributed by atoms with E-state index in [1.807, 2.05) is 11.0 Å². The number of benzene rings is 1. The van der Waals surface area contributed by atoms with Gasteiger partial charge in [0, 0.05) is 13.1 Å². The molecule has 2 heterocycles. The molecular formula is C19H24N4O3. The van der Waals surface area contributed by atoms with Gasteiger partial charge in [0.05, 0.1) is 4.92 Å². The summed E-state index contributed by atoms with van der Waals surface area (Å²) in [6.07, 6.45) is 3.02. The molecule has 1 aromatic heterocycles. The standard InChI is InChI=1S/C19H24N4O3/c1-14-19(23(25)26)15(2)22(20-14)13-18(24)21-10-8-17(9-11-21)12-16-6-4-3-5-7-16/h3-7,17H,8-13H2,1-2H3. The lowest BCUT2D eigenvalue weighted by molar-refractivity contribution is -0.386. The average Bonchev–Trinajstić information content (AvgIpc) is 2.90. The second kappa shape index (κ2) is 7.68. The van der Waals surface area contributed by atoms with Crippen molar-refractivity contribution in [3.63, 3.8) is 0 Å². The molecule has 0 saturated carbocycles. The highest BCUT2D eigenvalue weighted by Gasteiger charge is 2.26. The van der Waals surface area contributed by atoms with Crippen molar-refractivity contribution in [1.82, 2.24) is 14.7 Å². The normalized spacial score (nSPS) is 15.2. The molecule has 1 aliphatic heterocycles. The lowest BCUT2D eigenvalue weighted by Gasteiger charge is -2.32. The third kappa shape index (κ3) is 3.92. The van der Waals surface area contributed by atoms with E-state index in [-0.39, 0.29) is 18.1 Å². The Hall–Kier alpha value is -2.70. The van der Waals surface area contributed by atoms with Gasteiger partial charge in [-0.2, -0.15) is 5.10 Å². The minimum absolute atomic E-state index is 0.000584. The van der Waals surface area contributed by atoms with Crippen LogP contribution in [0.25, 0.3) is 0 Å². The summed E-state index contributed by atoms with van der Waals surface area (Å²) in [6.45, 7) is 4.76. The van der Waals surface area contributed by atoms with Crippen LogP contribution in [0.2, 0.25) is 0 Å². The van der Waals surface area contributed by atoms with Crippen LogP contribution < -0.4 is 0 Å². The first kappa shape index (κ1) is 18.1. The third-order valence-corrected chi connectivity index (χ3v) is 5.15. The molecule has 0 aliphatic carbocycles. The Balaban J connectivity index is 1.56. The summed E-state index contributed by atoms with van der Waals surface area (Å²) in [7, 11) is 0. The summed E-state index contributed by atoms with van der Waals surface area (Å²) in [4.78, 5) is 25.1. The number of aromatic nitrogens is 2. The number of carbonyl (C=O) groups is 1. The molecule has 0 radical (unpaired) electrons. The highest BCUT2D eigenvalue weighted by atomic mass is 16.6. The molecule has 0 atom stereocenters. The van der Waals surface area contributed by atoms with Crippen molar-refractivity contribution in [2.75, 3.05) is 13.1 Å². The van der Waals surface area contributed by atoms with E-state index in [1.54, 1.807) is 13.8 Å². The number of nitro groups is 1. The first-order chi connectivity index (χ1) is 12.5. The van der Waals surface area contributed by atoms with Crippen molar-refractivity contribution in [2.45, 2.75) is 39.7 Å². The molecule has 1 amide bonds. The Bertz CT molecular complexity index is 793. The maximum absolute atomic E-state index is 12.6. The van der Waals surface area contributed by atoms with Gasteiger partial charge < -0.3 is 4.90 Å². The fourth-order valence-corrected chi connectivity index (χ4v) is 3.67. The van der Waals surface area contributed by atoms with E-state index >= 15 is 0 Å². The molecular weight excluding hydrogens is 332 g/mol. The van der Waals surface area contributed by atoms with Gasteiger partial charge in [0.2, 0.25) is 5.91 Å². The summed E-state index contributed by atoms with van der Waals surface area (Å²) >= 11 is 0. The van der Waals surface area contributed by atoms with Gasteiger partial charge in [-0.05, 0) is 44.6 Å². The topological polar surface area (TPSA) is 81.3 Å². The quantitative estimate of drug-likeness (QED) is 0.609. The second-order valence-electron chi connectivity index (χ2n) is 6.95. The predicted octanol–water partition coefficient (Wildman–Crippen LogP) is 2.89. The number of likely N-dealkylation sites (tertiary alicyclic amines) is 1. The van der Waals surface area contributed by atoms with E-state index in [0.29, 0.717) is 17.3 Å². The van der Waals surface area contributed by atoms with Gasteiger partial charge in [0.15, 0.2) is 0 Å². The Kier molecular flexibility index (Phi) is 5.35. The van der Waals surface area contributed by atoms with Crippen molar-refractivity contribution >= 4 is 11.6 Å². The smallest absolute Gasteiger partial charge is 0.312 e. The maximum atomic E-state index is 12.6. The molecule has 0 bridgehead atoms. The van der Waals surface area contributed by atoms with Crippen molar-refractivity contribution < 1.29 is 9.72 Å². The average molecular weight is 356 g/mol. The van der Waals surface area contributed by atoms with Crippen LogP contribution >= 0.6 is 0 Å². The van der Waals surface area contributed by atoms with Crippen LogP contribution in [0.4, 0.5) is 5.69 Å². The predicted molar refractivity (Wildman–Crippen MR) is 97.8 cm³/mol. The molecule has 0 N–H and O–H groups in total. The molecule has 7 nitrogen and oxygen atoms in total.